The molecule has 0 saturated carbocycles. The Morgan fingerprint density at radius 3 is 2.45 bits per heavy atom. The lowest BCUT2D eigenvalue weighted by Crippen LogP contribution is -2.17. The smallest absolute Gasteiger partial charge is 0.262 e. The van der Waals surface area contributed by atoms with Crippen molar-refractivity contribution in [1.29, 1.82) is 0 Å². The summed E-state index contributed by atoms with van der Waals surface area (Å²) in [5.41, 5.74) is 6.31. The number of rotatable bonds is 3. The third kappa shape index (κ3) is 3.26. The first kappa shape index (κ1) is 19.6. The highest BCUT2D eigenvalue weighted by molar-refractivity contribution is 9.10. The molecule has 3 aromatic carbocycles. The van der Waals surface area contributed by atoms with Gasteiger partial charge in [-0.3, -0.25) is 4.79 Å². The van der Waals surface area contributed by atoms with Crippen LogP contribution in [0.2, 0.25) is 0 Å². The average Bonchev–Trinajstić information content (AvgIpc) is 3.14. The normalized spacial score (nSPS) is 11.4. The van der Waals surface area contributed by atoms with E-state index in [2.05, 4.69) is 47.2 Å². The summed E-state index contributed by atoms with van der Waals surface area (Å²) >= 11 is 3.50. The highest BCUT2D eigenvalue weighted by Gasteiger charge is 2.23. The van der Waals surface area contributed by atoms with E-state index in [1.807, 2.05) is 54.6 Å². The van der Waals surface area contributed by atoms with Crippen molar-refractivity contribution in [3.63, 3.8) is 0 Å². The molecule has 0 amide bonds. The van der Waals surface area contributed by atoms with Crippen LogP contribution >= 0.6 is 15.9 Å². The summed E-state index contributed by atoms with van der Waals surface area (Å²) in [7, 11) is 1.81. The van der Waals surface area contributed by atoms with Crippen LogP contribution in [-0.2, 0) is 7.05 Å². The number of hydrogen-bond acceptors (Lipinski definition) is 3. The van der Waals surface area contributed by atoms with Crippen LogP contribution in [0.5, 0.6) is 0 Å². The first-order valence-electron chi connectivity index (χ1n) is 10.1. The lowest BCUT2D eigenvalue weighted by atomic mass is 10.0. The van der Waals surface area contributed by atoms with E-state index < -0.39 is 0 Å². The molecule has 154 valence electrons. The first-order chi connectivity index (χ1) is 14.9. The predicted octanol–water partition coefficient (Wildman–Crippen LogP) is 7.07. The van der Waals surface area contributed by atoms with Crippen LogP contribution in [0.1, 0.15) is 11.1 Å². The van der Waals surface area contributed by atoms with Gasteiger partial charge < -0.3 is 14.3 Å². The van der Waals surface area contributed by atoms with E-state index in [1.165, 1.54) is 5.56 Å². The van der Waals surface area contributed by atoms with Crippen LogP contribution in [-0.4, -0.2) is 4.57 Å². The SMILES string of the molecule is Cc1ccc(Nc2oc3c(c2-c2ccc(Br)cc2)c(=O)n(C)c2ccccc32)c(C)c1. The predicted molar refractivity (Wildman–Crippen MR) is 131 cm³/mol. The van der Waals surface area contributed by atoms with E-state index in [9.17, 15) is 4.79 Å². The Morgan fingerprint density at radius 1 is 0.968 bits per heavy atom. The second kappa shape index (κ2) is 7.43. The molecule has 5 rings (SSSR count). The molecule has 0 saturated heterocycles. The topological polar surface area (TPSA) is 47.2 Å². The van der Waals surface area contributed by atoms with Gasteiger partial charge in [0.15, 0.2) is 5.58 Å². The van der Waals surface area contributed by atoms with Crippen LogP contribution in [0.3, 0.4) is 0 Å². The Kier molecular flexibility index (Phi) is 4.71. The van der Waals surface area contributed by atoms with Gasteiger partial charge in [-0.05, 0) is 55.3 Å². The maximum atomic E-state index is 13.4. The molecular weight excluding hydrogens is 452 g/mol. The number of aryl methyl sites for hydroxylation is 3. The molecule has 1 N–H and O–H groups in total. The summed E-state index contributed by atoms with van der Waals surface area (Å²) in [6, 6.07) is 22.0. The summed E-state index contributed by atoms with van der Waals surface area (Å²) in [6.07, 6.45) is 0. The van der Waals surface area contributed by atoms with Crippen molar-refractivity contribution in [2.45, 2.75) is 13.8 Å². The van der Waals surface area contributed by atoms with E-state index in [1.54, 1.807) is 11.6 Å². The Morgan fingerprint density at radius 2 is 1.71 bits per heavy atom. The van der Waals surface area contributed by atoms with Crippen LogP contribution in [0.15, 0.2) is 80.4 Å². The van der Waals surface area contributed by atoms with Gasteiger partial charge in [-0.2, -0.15) is 0 Å². The van der Waals surface area contributed by atoms with Gasteiger partial charge in [0.1, 0.15) is 0 Å². The minimum Gasteiger partial charge on any atom is -0.439 e. The quantitative estimate of drug-likeness (QED) is 0.305. The number of anilines is 2. The van der Waals surface area contributed by atoms with Crippen LogP contribution < -0.4 is 10.9 Å². The molecule has 5 aromatic rings. The van der Waals surface area contributed by atoms with Crippen LogP contribution in [0.25, 0.3) is 33.0 Å². The Balaban J connectivity index is 1.86. The lowest BCUT2D eigenvalue weighted by molar-refractivity contribution is 0.637. The van der Waals surface area contributed by atoms with E-state index in [0.29, 0.717) is 16.9 Å². The molecule has 0 bridgehead atoms. The van der Waals surface area contributed by atoms with Gasteiger partial charge in [0.2, 0.25) is 5.88 Å². The average molecular weight is 473 g/mol. The second-order valence-corrected chi connectivity index (χ2v) is 8.76. The van der Waals surface area contributed by atoms with Gasteiger partial charge in [0.05, 0.1) is 16.5 Å². The molecule has 2 heterocycles. The molecule has 0 spiro atoms. The largest absolute Gasteiger partial charge is 0.439 e. The zero-order valence-corrected chi connectivity index (χ0v) is 19.1. The zero-order valence-electron chi connectivity index (χ0n) is 17.5. The monoisotopic (exact) mass is 472 g/mol. The van der Waals surface area contributed by atoms with Gasteiger partial charge in [-0.1, -0.05) is 57.9 Å². The summed E-state index contributed by atoms with van der Waals surface area (Å²) in [4.78, 5) is 13.4. The second-order valence-electron chi connectivity index (χ2n) is 7.84. The molecule has 0 aliphatic heterocycles. The van der Waals surface area contributed by atoms with Gasteiger partial charge in [-0.15, -0.1) is 0 Å². The fourth-order valence-electron chi connectivity index (χ4n) is 4.12. The fraction of sp³-hybridized carbons (Fsp3) is 0.115. The number of para-hydroxylation sites is 1. The van der Waals surface area contributed by atoms with E-state index in [4.69, 9.17) is 4.42 Å². The number of nitrogens with one attached hydrogen (secondary N) is 1. The van der Waals surface area contributed by atoms with Crippen molar-refractivity contribution in [1.82, 2.24) is 4.57 Å². The van der Waals surface area contributed by atoms with Crippen molar-refractivity contribution < 1.29 is 4.42 Å². The van der Waals surface area contributed by atoms with Crippen molar-refractivity contribution in [3.05, 3.63) is 92.7 Å². The maximum absolute atomic E-state index is 13.4. The number of nitrogens with zero attached hydrogens (tertiary/aromatic N) is 1. The molecule has 5 heteroatoms. The van der Waals surface area contributed by atoms with Crippen molar-refractivity contribution >= 4 is 49.4 Å². The molecule has 0 atom stereocenters. The number of furan rings is 1. The standard InChI is InChI=1S/C26H21BrN2O2/c1-15-8-13-20(16(2)14-15)28-25-22(17-9-11-18(27)12-10-17)23-24(31-25)19-6-4-5-7-21(19)29(3)26(23)30/h4-14,28H,1-3H3. The summed E-state index contributed by atoms with van der Waals surface area (Å²) in [6.45, 7) is 4.13. The molecule has 0 aliphatic carbocycles. The van der Waals surface area contributed by atoms with Crippen molar-refractivity contribution in [3.8, 4) is 11.1 Å². The van der Waals surface area contributed by atoms with E-state index in [0.717, 1.165) is 37.8 Å². The number of halogens is 1. The Labute approximate surface area is 188 Å². The minimum atomic E-state index is -0.0796. The Bertz CT molecular complexity index is 1510. The molecule has 0 fully saturated rings. The van der Waals surface area contributed by atoms with Gasteiger partial charge in [0.25, 0.3) is 5.56 Å². The summed E-state index contributed by atoms with van der Waals surface area (Å²) in [5, 5.41) is 4.94. The van der Waals surface area contributed by atoms with Crippen LogP contribution in [0, 0.1) is 13.8 Å². The number of hydrogen-bond donors (Lipinski definition) is 1. The highest BCUT2D eigenvalue weighted by Crippen LogP contribution is 2.41. The maximum Gasteiger partial charge on any atom is 0.262 e. The third-order valence-corrected chi connectivity index (χ3v) is 6.23. The van der Waals surface area contributed by atoms with E-state index >= 15 is 0 Å². The lowest BCUT2D eigenvalue weighted by Gasteiger charge is -2.10. The molecule has 31 heavy (non-hydrogen) atoms. The highest BCUT2D eigenvalue weighted by atomic mass is 79.9. The Hall–Kier alpha value is -3.31. The van der Waals surface area contributed by atoms with Crippen molar-refractivity contribution in [2.75, 3.05) is 5.32 Å². The fourth-order valence-corrected chi connectivity index (χ4v) is 4.38. The molecular formula is C26H21BrN2O2. The van der Waals surface area contributed by atoms with Crippen LogP contribution in [0.4, 0.5) is 11.6 Å². The molecule has 0 radical (unpaired) electrons. The molecule has 4 nitrogen and oxygen atoms in total. The number of aromatic nitrogens is 1. The summed E-state index contributed by atoms with van der Waals surface area (Å²) in [5.74, 6) is 0.567. The number of benzene rings is 3. The van der Waals surface area contributed by atoms with Crippen molar-refractivity contribution in [2.24, 2.45) is 7.05 Å². The van der Waals surface area contributed by atoms with Gasteiger partial charge in [0, 0.05) is 22.6 Å². The molecule has 2 aromatic heterocycles. The number of pyridine rings is 1. The van der Waals surface area contributed by atoms with Gasteiger partial charge in [-0.25, -0.2) is 0 Å². The summed E-state index contributed by atoms with van der Waals surface area (Å²) < 4.78 is 9.05. The first-order valence-corrected chi connectivity index (χ1v) is 10.9. The number of fused-ring (bicyclic) bond motifs is 3. The third-order valence-electron chi connectivity index (χ3n) is 5.70. The van der Waals surface area contributed by atoms with Gasteiger partial charge >= 0.3 is 0 Å². The zero-order chi connectivity index (χ0) is 21.7. The molecule has 0 aliphatic rings. The van der Waals surface area contributed by atoms with E-state index in [-0.39, 0.29) is 5.56 Å². The molecule has 0 unspecified atom stereocenters. The minimum absolute atomic E-state index is 0.0796.